The molecule has 96 valence electrons. The monoisotopic (exact) mass is 251 g/mol. The average molecular weight is 251 g/mol. The van der Waals surface area contributed by atoms with E-state index in [0.717, 1.165) is 0 Å². The second-order valence-electron chi connectivity index (χ2n) is 4.02. The van der Waals surface area contributed by atoms with Crippen molar-refractivity contribution in [3.8, 4) is 11.5 Å². The lowest BCUT2D eigenvalue weighted by Gasteiger charge is -2.08. The van der Waals surface area contributed by atoms with Crippen LogP contribution in [-0.2, 0) is 4.79 Å². The minimum atomic E-state index is -0.944. The van der Waals surface area contributed by atoms with Gasteiger partial charge in [0.15, 0.2) is 11.5 Å². The number of nitrogens with one attached hydrogen (secondary N) is 1. The SMILES string of the molecule is CC(CNC(=O)c1ccc2c(c1)OCO2)C(=O)O. The maximum atomic E-state index is 11.8. The summed E-state index contributed by atoms with van der Waals surface area (Å²) in [5.74, 6) is -0.773. The van der Waals surface area contributed by atoms with Crippen molar-refractivity contribution in [1.82, 2.24) is 5.32 Å². The fourth-order valence-corrected chi connectivity index (χ4v) is 1.47. The van der Waals surface area contributed by atoms with E-state index in [2.05, 4.69) is 5.32 Å². The number of rotatable bonds is 4. The molecular weight excluding hydrogens is 238 g/mol. The van der Waals surface area contributed by atoms with Crippen molar-refractivity contribution in [3.05, 3.63) is 23.8 Å². The summed E-state index contributed by atoms with van der Waals surface area (Å²) >= 11 is 0. The number of ether oxygens (including phenoxy) is 2. The summed E-state index contributed by atoms with van der Waals surface area (Å²) in [6.07, 6.45) is 0. The number of hydrogen-bond donors (Lipinski definition) is 2. The fraction of sp³-hybridized carbons (Fsp3) is 0.333. The molecule has 6 heteroatoms. The van der Waals surface area contributed by atoms with Crippen molar-refractivity contribution < 1.29 is 24.2 Å². The molecule has 18 heavy (non-hydrogen) atoms. The largest absolute Gasteiger partial charge is 0.481 e. The van der Waals surface area contributed by atoms with Gasteiger partial charge >= 0.3 is 5.97 Å². The van der Waals surface area contributed by atoms with Gasteiger partial charge in [0.1, 0.15) is 0 Å². The van der Waals surface area contributed by atoms with Gasteiger partial charge < -0.3 is 19.9 Å². The standard InChI is InChI=1S/C12H13NO5/c1-7(12(15)16)5-13-11(14)8-2-3-9-10(4-8)18-6-17-9/h2-4,7H,5-6H2,1H3,(H,13,14)(H,15,16). The number of fused-ring (bicyclic) bond motifs is 1. The minimum Gasteiger partial charge on any atom is -0.481 e. The van der Waals surface area contributed by atoms with Gasteiger partial charge in [0, 0.05) is 12.1 Å². The molecule has 1 unspecified atom stereocenters. The van der Waals surface area contributed by atoms with Gasteiger partial charge in [0.2, 0.25) is 6.79 Å². The van der Waals surface area contributed by atoms with Gasteiger partial charge in [-0.2, -0.15) is 0 Å². The van der Waals surface area contributed by atoms with Crippen LogP contribution in [0.1, 0.15) is 17.3 Å². The van der Waals surface area contributed by atoms with Crippen molar-refractivity contribution in [2.75, 3.05) is 13.3 Å². The molecule has 1 aliphatic heterocycles. The average Bonchev–Trinajstić information content (AvgIpc) is 2.82. The molecule has 1 aliphatic rings. The minimum absolute atomic E-state index is 0.0859. The molecule has 0 saturated carbocycles. The van der Waals surface area contributed by atoms with Crippen molar-refractivity contribution in [1.29, 1.82) is 0 Å². The zero-order chi connectivity index (χ0) is 13.1. The van der Waals surface area contributed by atoms with Gasteiger partial charge in [-0.1, -0.05) is 6.92 Å². The Hall–Kier alpha value is -2.24. The number of amides is 1. The van der Waals surface area contributed by atoms with E-state index in [1.165, 1.54) is 6.92 Å². The van der Waals surface area contributed by atoms with E-state index in [1.54, 1.807) is 18.2 Å². The molecule has 0 aliphatic carbocycles. The summed E-state index contributed by atoms with van der Waals surface area (Å²) in [7, 11) is 0. The van der Waals surface area contributed by atoms with Crippen LogP contribution in [-0.4, -0.2) is 30.3 Å². The first-order chi connectivity index (χ1) is 8.58. The van der Waals surface area contributed by atoms with Crippen LogP contribution in [0.3, 0.4) is 0 Å². The second-order valence-corrected chi connectivity index (χ2v) is 4.02. The zero-order valence-electron chi connectivity index (χ0n) is 9.80. The molecule has 0 bridgehead atoms. The van der Waals surface area contributed by atoms with Gasteiger partial charge in [-0.15, -0.1) is 0 Å². The third-order valence-electron chi connectivity index (χ3n) is 2.63. The Kier molecular flexibility index (Phi) is 3.36. The van der Waals surface area contributed by atoms with Gasteiger partial charge in [-0.05, 0) is 18.2 Å². The molecule has 0 radical (unpaired) electrons. The summed E-state index contributed by atoms with van der Waals surface area (Å²) in [5.41, 5.74) is 0.414. The van der Waals surface area contributed by atoms with Crippen LogP contribution in [0.25, 0.3) is 0 Å². The lowest BCUT2D eigenvalue weighted by atomic mass is 10.1. The van der Waals surface area contributed by atoms with Crippen molar-refractivity contribution >= 4 is 11.9 Å². The number of hydrogen-bond acceptors (Lipinski definition) is 4. The molecule has 1 heterocycles. The molecule has 1 aromatic carbocycles. The lowest BCUT2D eigenvalue weighted by Crippen LogP contribution is -2.31. The summed E-state index contributed by atoms with van der Waals surface area (Å²) in [5, 5.41) is 11.3. The van der Waals surface area contributed by atoms with E-state index in [1.807, 2.05) is 0 Å². The number of aliphatic carboxylic acids is 1. The van der Waals surface area contributed by atoms with Gasteiger partial charge in [0.05, 0.1) is 5.92 Å². The van der Waals surface area contributed by atoms with E-state index in [4.69, 9.17) is 14.6 Å². The van der Waals surface area contributed by atoms with Gasteiger partial charge in [-0.3, -0.25) is 9.59 Å². The molecule has 0 fully saturated rings. The van der Waals surface area contributed by atoms with Gasteiger partial charge in [0.25, 0.3) is 5.91 Å². The molecule has 2 N–H and O–H groups in total. The molecule has 1 amide bonds. The highest BCUT2D eigenvalue weighted by molar-refractivity contribution is 5.95. The van der Waals surface area contributed by atoms with E-state index < -0.39 is 11.9 Å². The maximum absolute atomic E-state index is 11.8. The third kappa shape index (κ3) is 2.53. The Balaban J connectivity index is 1.99. The Labute approximate surface area is 104 Å². The summed E-state index contributed by atoms with van der Waals surface area (Å²) < 4.78 is 10.3. The first kappa shape index (κ1) is 12.2. The number of benzene rings is 1. The number of carbonyl (C=O) groups excluding carboxylic acids is 1. The fourth-order valence-electron chi connectivity index (χ4n) is 1.47. The normalized spacial score (nSPS) is 14.1. The van der Waals surface area contributed by atoms with Crippen LogP contribution in [0.5, 0.6) is 11.5 Å². The lowest BCUT2D eigenvalue weighted by molar-refractivity contribution is -0.140. The second kappa shape index (κ2) is 4.95. The number of carboxylic acid groups (broad SMARTS) is 1. The van der Waals surface area contributed by atoms with Crippen molar-refractivity contribution in [3.63, 3.8) is 0 Å². The molecule has 1 aromatic rings. The highest BCUT2D eigenvalue weighted by atomic mass is 16.7. The number of carbonyl (C=O) groups is 2. The Morgan fingerprint density at radius 2 is 2.11 bits per heavy atom. The van der Waals surface area contributed by atoms with Crippen molar-refractivity contribution in [2.24, 2.45) is 5.92 Å². The summed E-state index contributed by atoms with van der Waals surface area (Å²) in [4.78, 5) is 22.4. The molecular formula is C12H13NO5. The Morgan fingerprint density at radius 3 is 2.83 bits per heavy atom. The highest BCUT2D eigenvalue weighted by Gasteiger charge is 2.17. The van der Waals surface area contributed by atoms with E-state index in [0.29, 0.717) is 17.1 Å². The molecule has 0 saturated heterocycles. The zero-order valence-corrected chi connectivity index (χ0v) is 9.80. The highest BCUT2D eigenvalue weighted by Crippen LogP contribution is 2.32. The van der Waals surface area contributed by atoms with E-state index in [9.17, 15) is 9.59 Å². The Bertz CT molecular complexity index is 485. The first-order valence-corrected chi connectivity index (χ1v) is 5.48. The van der Waals surface area contributed by atoms with E-state index >= 15 is 0 Å². The van der Waals surface area contributed by atoms with Crippen LogP contribution in [0.15, 0.2) is 18.2 Å². The van der Waals surface area contributed by atoms with Crippen molar-refractivity contribution in [2.45, 2.75) is 6.92 Å². The maximum Gasteiger partial charge on any atom is 0.308 e. The molecule has 6 nitrogen and oxygen atoms in total. The quantitative estimate of drug-likeness (QED) is 0.829. The Morgan fingerprint density at radius 1 is 1.39 bits per heavy atom. The summed E-state index contributed by atoms with van der Waals surface area (Å²) in [6.45, 7) is 1.77. The van der Waals surface area contributed by atoms with Crippen LogP contribution >= 0.6 is 0 Å². The molecule has 0 spiro atoms. The van der Waals surface area contributed by atoms with Crippen LogP contribution in [0.4, 0.5) is 0 Å². The summed E-state index contributed by atoms with van der Waals surface area (Å²) in [6, 6.07) is 4.83. The molecule has 1 atom stereocenters. The number of carboxylic acids is 1. The molecule has 2 rings (SSSR count). The first-order valence-electron chi connectivity index (χ1n) is 5.48. The van der Waals surface area contributed by atoms with Crippen LogP contribution in [0.2, 0.25) is 0 Å². The molecule has 0 aromatic heterocycles. The predicted octanol–water partition coefficient (Wildman–Crippen LogP) is 0.866. The van der Waals surface area contributed by atoms with E-state index in [-0.39, 0.29) is 19.2 Å². The van der Waals surface area contributed by atoms with Crippen LogP contribution < -0.4 is 14.8 Å². The van der Waals surface area contributed by atoms with Crippen LogP contribution in [0, 0.1) is 5.92 Å². The van der Waals surface area contributed by atoms with Gasteiger partial charge in [-0.25, -0.2) is 0 Å². The smallest absolute Gasteiger partial charge is 0.308 e. The predicted molar refractivity (Wildman–Crippen MR) is 61.7 cm³/mol. The third-order valence-corrected chi connectivity index (χ3v) is 2.63. The topological polar surface area (TPSA) is 84.9 Å².